The van der Waals surface area contributed by atoms with Crippen molar-refractivity contribution < 1.29 is 23.3 Å². The highest BCUT2D eigenvalue weighted by Gasteiger charge is 2.39. The number of aldehydes is 1. The number of fused-ring (bicyclic) bond motifs is 2. The van der Waals surface area contributed by atoms with Crippen LogP contribution < -0.4 is 14.4 Å². The van der Waals surface area contributed by atoms with Gasteiger partial charge in [0.05, 0.1) is 23.6 Å². The second-order valence-electron chi connectivity index (χ2n) is 12.2. The Morgan fingerprint density at radius 1 is 1.16 bits per heavy atom. The van der Waals surface area contributed by atoms with E-state index in [1.807, 2.05) is 25.1 Å². The van der Waals surface area contributed by atoms with Gasteiger partial charge < -0.3 is 19.2 Å². The van der Waals surface area contributed by atoms with Gasteiger partial charge in [0.2, 0.25) is 0 Å². The maximum absolute atomic E-state index is 13.3. The number of amides is 1. The van der Waals surface area contributed by atoms with E-state index in [2.05, 4.69) is 47.8 Å². The number of hydrogen-bond donors (Lipinski definition) is 1. The minimum Gasteiger partial charge on any atom is -0.491 e. The number of allylic oxidation sites excluding steroid dienone is 1. The fraction of sp³-hybridized carbons (Fsp3) is 0.543. The van der Waals surface area contributed by atoms with Crippen LogP contribution in [-0.2, 0) is 26.9 Å². The molecule has 240 valence electrons. The van der Waals surface area contributed by atoms with Crippen molar-refractivity contribution in [1.29, 1.82) is 0 Å². The number of hydrogen-bond acceptors (Lipinski definition) is 6. The highest BCUT2D eigenvalue weighted by molar-refractivity contribution is 7.84. The van der Waals surface area contributed by atoms with Crippen LogP contribution in [0.5, 0.6) is 5.75 Å². The topological polar surface area (TPSA) is 84.9 Å². The van der Waals surface area contributed by atoms with E-state index in [1.165, 1.54) is 18.1 Å². The minimum absolute atomic E-state index is 0.0478. The molecule has 2 aliphatic heterocycles. The highest BCUT2D eigenvalue weighted by Crippen LogP contribution is 2.43. The molecule has 2 bridgehead atoms. The molecule has 2 heterocycles. The van der Waals surface area contributed by atoms with E-state index < -0.39 is 11.0 Å². The summed E-state index contributed by atoms with van der Waals surface area (Å²) in [5.41, 5.74) is 3.95. The number of carbonyl (C=O) groups is 2. The molecule has 9 heteroatoms. The van der Waals surface area contributed by atoms with Crippen molar-refractivity contribution in [3.8, 4) is 5.75 Å². The van der Waals surface area contributed by atoms with Crippen LogP contribution in [-0.4, -0.2) is 54.6 Å². The molecular weight excluding hydrogens is 596 g/mol. The first-order valence-corrected chi connectivity index (χ1v) is 17.4. The van der Waals surface area contributed by atoms with E-state index >= 15 is 0 Å². The zero-order valence-electron chi connectivity index (χ0n) is 26.6. The van der Waals surface area contributed by atoms with Crippen LogP contribution >= 0.6 is 11.6 Å². The van der Waals surface area contributed by atoms with Crippen molar-refractivity contribution in [3.05, 3.63) is 70.3 Å². The number of carbonyl (C=O) groups excluding carboxylic acids is 2. The van der Waals surface area contributed by atoms with Gasteiger partial charge in [0.1, 0.15) is 23.0 Å². The van der Waals surface area contributed by atoms with Crippen molar-refractivity contribution in [2.75, 3.05) is 31.7 Å². The standard InChI is InChI=1S/C33H43ClN2O4S.C2H4O/c1-5-7-23-16-27(34)12-14-28(23)26-19-36-18-25-10-13-29(25)31(39-4)9-6-8-21(2)22(3)41(38)35-33(37)24-11-15-32(40-20-26)30(36)17-24;1-2-3/h6,9,11-12,14-17,21-22,25-26,29,31H,5,7-8,10,13,18-20H2,1-4H3,(H,35,37);2H,1H3/b9-6+;. The average molecular weight is 643 g/mol. The Labute approximate surface area is 270 Å². The fourth-order valence-electron chi connectivity index (χ4n) is 6.46. The Bertz CT molecular complexity index is 1350. The molecule has 7 unspecified atom stereocenters. The Hall–Kier alpha value is -2.68. The van der Waals surface area contributed by atoms with Gasteiger partial charge >= 0.3 is 0 Å². The molecule has 1 aliphatic carbocycles. The number of ether oxygens (including phenoxy) is 2. The Morgan fingerprint density at radius 3 is 2.61 bits per heavy atom. The van der Waals surface area contributed by atoms with Gasteiger partial charge in [-0.05, 0) is 98.7 Å². The Kier molecular flexibility index (Phi) is 12.5. The summed E-state index contributed by atoms with van der Waals surface area (Å²) in [4.78, 5) is 24.5. The summed E-state index contributed by atoms with van der Waals surface area (Å²) in [7, 11) is 0.296. The zero-order valence-corrected chi connectivity index (χ0v) is 28.2. The van der Waals surface area contributed by atoms with Crippen LogP contribution in [0.4, 0.5) is 5.69 Å². The molecule has 0 aromatic heterocycles. The van der Waals surface area contributed by atoms with Gasteiger partial charge in [-0.3, -0.25) is 9.52 Å². The predicted octanol–water partition coefficient (Wildman–Crippen LogP) is 6.90. The first-order valence-electron chi connectivity index (χ1n) is 15.8. The molecule has 7 nitrogen and oxygen atoms in total. The van der Waals surface area contributed by atoms with E-state index in [0.29, 0.717) is 24.0 Å². The fourth-order valence-corrected chi connectivity index (χ4v) is 7.68. The van der Waals surface area contributed by atoms with E-state index in [9.17, 15) is 9.00 Å². The molecule has 1 N–H and O–H groups in total. The van der Waals surface area contributed by atoms with Crippen LogP contribution in [0.25, 0.3) is 0 Å². The molecule has 44 heavy (non-hydrogen) atoms. The van der Waals surface area contributed by atoms with Crippen molar-refractivity contribution >= 4 is 40.5 Å². The summed E-state index contributed by atoms with van der Waals surface area (Å²) in [5, 5.41) is 0.569. The lowest BCUT2D eigenvalue weighted by molar-refractivity contribution is -0.106. The molecule has 2 aromatic carbocycles. The zero-order chi connectivity index (χ0) is 31.8. The summed E-state index contributed by atoms with van der Waals surface area (Å²) in [6.07, 6.45) is 10.2. The van der Waals surface area contributed by atoms with Gasteiger partial charge in [-0.25, -0.2) is 4.21 Å². The third-order valence-electron chi connectivity index (χ3n) is 9.30. The van der Waals surface area contributed by atoms with Gasteiger partial charge in [0.25, 0.3) is 5.91 Å². The minimum atomic E-state index is -1.50. The number of anilines is 1. The molecule has 0 spiro atoms. The molecule has 5 rings (SSSR count). The SMILES string of the molecule is CC=O.CCCc1cc(Cl)ccc1C1COc2ccc3cc2N(C1)CC1CCC1C(OC)/C=C/CC(C)C(C)S(=O)NC3=O. The molecule has 2 aromatic rings. The quantitative estimate of drug-likeness (QED) is 0.289. The van der Waals surface area contributed by atoms with Gasteiger partial charge in [0.15, 0.2) is 0 Å². The number of rotatable bonds is 4. The number of aryl methyl sites for hydroxylation is 1. The summed E-state index contributed by atoms with van der Waals surface area (Å²) < 4.78 is 28.3. The Morgan fingerprint density at radius 2 is 1.93 bits per heavy atom. The molecule has 1 saturated carbocycles. The molecule has 3 aliphatic rings. The number of nitrogens with zero attached hydrogens (tertiary/aromatic N) is 1. The molecule has 0 radical (unpaired) electrons. The van der Waals surface area contributed by atoms with Gasteiger partial charge in [-0.2, -0.15) is 0 Å². The van der Waals surface area contributed by atoms with Gasteiger partial charge in [0, 0.05) is 36.7 Å². The molecule has 7 atom stereocenters. The van der Waals surface area contributed by atoms with Crippen molar-refractivity contribution in [2.45, 2.75) is 77.1 Å². The van der Waals surface area contributed by atoms with Crippen LogP contribution in [0.15, 0.2) is 48.6 Å². The number of methoxy groups -OCH3 is 1. The van der Waals surface area contributed by atoms with Crippen molar-refractivity contribution in [2.24, 2.45) is 17.8 Å². The van der Waals surface area contributed by atoms with E-state index in [0.717, 1.165) is 67.9 Å². The summed E-state index contributed by atoms with van der Waals surface area (Å²) >= 11 is 6.40. The van der Waals surface area contributed by atoms with E-state index in [-0.39, 0.29) is 29.1 Å². The maximum Gasteiger partial charge on any atom is 0.263 e. The lowest BCUT2D eigenvalue weighted by Crippen LogP contribution is -2.44. The lowest BCUT2D eigenvalue weighted by atomic mass is 9.70. The van der Waals surface area contributed by atoms with Crippen LogP contribution in [0.3, 0.4) is 0 Å². The summed E-state index contributed by atoms with van der Waals surface area (Å²) in [5.74, 6) is 1.64. The summed E-state index contributed by atoms with van der Waals surface area (Å²) in [6.45, 7) is 9.82. The van der Waals surface area contributed by atoms with Crippen LogP contribution in [0.2, 0.25) is 5.02 Å². The number of benzene rings is 2. The molecular formula is C35H47ClN2O5S. The predicted molar refractivity (Wildman–Crippen MR) is 179 cm³/mol. The Balaban J connectivity index is 0.00000141. The lowest BCUT2D eigenvalue weighted by Gasteiger charge is -2.43. The smallest absolute Gasteiger partial charge is 0.263 e. The molecule has 1 amide bonds. The monoisotopic (exact) mass is 642 g/mol. The second kappa shape index (κ2) is 16.1. The number of halogens is 1. The van der Waals surface area contributed by atoms with Crippen molar-refractivity contribution in [3.63, 3.8) is 0 Å². The normalized spacial score (nSPS) is 29.4. The van der Waals surface area contributed by atoms with Crippen LogP contribution in [0.1, 0.15) is 80.8 Å². The van der Waals surface area contributed by atoms with Crippen molar-refractivity contribution in [1.82, 2.24) is 4.72 Å². The average Bonchev–Trinajstić information content (AvgIpc) is 3.17. The first-order chi connectivity index (χ1) is 21.2. The first kappa shape index (κ1) is 34.2. The summed E-state index contributed by atoms with van der Waals surface area (Å²) in [6, 6.07) is 11.8. The number of nitrogens with one attached hydrogen (secondary N) is 1. The third kappa shape index (κ3) is 8.12. The largest absolute Gasteiger partial charge is 0.491 e. The second-order valence-corrected chi connectivity index (χ2v) is 14.2. The highest BCUT2D eigenvalue weighted by atomic mass is 35.5. The van der Waals surface area contributed by atoms with Gasteiger partial charge in [-0.1, -0.05) is 50.1 Å². The van der Waals surface area contributed by atoms with Gasteiger partial charge in [-0.15, -0.1) is 0 Å². The maximum atomic E-state index is 13.3. The van der Waals surface area contributed by atoms with Crippen LogP contribution in [0, 0.1) is 17.8 Å². The molecule has 1 fully saturated rings. The third-order valence-corrected chi connectivity index (χ3v) is 11.1. The molecule has 0 saturated heterocycles. The van der Waals surface area contributed by atoms with E-state index in [4.69, 9.17) is 25.9 Å². The van der Waals surface area contributed by atoms with E-state index in [1.54, 1.807) is 13.2 Å².